The quantitative estimate of drug-likeness (QED) is 0.790. The Bertz CT molecular complexity index is 419. The van der Waals surface area contributed by atoms with Crippen LogP contribution in [-0.4, -0.2) is 38.2 Å². The summed E-state index contributed by atoms with van der Waals surface area (Å²) in [6.45, 7) is 5.51. The molecule has 0 radical (unpaired) electrons. The number of pyridine rings is 1. The largest absolute Gasteiger partial charge is 0.387 e. The van der Waals surface area contributed by atoms with Crippen LogP contribution in [0, 0.1) is 5.41 Å². The maximum Gasteiger partial charge on any atom is 0.254 e. The number of aromatic nitrogens is 1. The monoisotopic (exact) mass is 265 g/mol. The summed E-state index contributed by atoms with van der Waals surface area (Å²) in [5, 5.41) is 5.94. The van der Waals surface area contributed by atoms with Crippen molar-refractivity contribution >= 4 is 11.6 Å². The number of nitrogens with one attached hydrogen (secondary N) is 2. The molecule has 2 N–H and O–H groups in total. The Morgan fingerprint density at radius 3 is 2.84 bits per heavy atom. The van der Waals surface area contributed by atoms with E-state index in [0.29, 0.717) is 18.7 Å². The van der Waals surface area contributed by atoms with Crippen LogP contribution >= 0.6 is 0 Å². The zero-order valence-electron chi connectivity index (χ0n) is 12.1. The first-order valence-electron chi connectivity index (χ1n) is 6.39. The van der Waals surface area contributed by atoms with Crippen molar-refractivity contribution in [2.75, 3.05) is 32.6 Å². The van der Waals surface area contributed by atoms with Crippen LogP contribution in [0.3, 0.4) is 0 Å². The lowest BCUT2D eigenvalue weighted by atomic mass is 9.89. The van der Waals surface area contributed by atoms with Crippen LogP contribution in [0.2, 0.25) is 0 Å². The molecule has 0 bridgehead atoms. The Hall–Kier alpha value is -1.62. The second-order valence-electron chi connectivity index (χ2n) is 5.26. The number of anilines is 1. The van der Waals surface area contributed by atoms with E-state index in [4.69, 9.17) is 4.74 Å². The summed E-state index contributed by atoms with van der Waals surface area (Å²) in [7, 11) is 3.47. The van der Waals surface area contributed by atoms with E-state index in [1.165, 1.54) is 0 Å². The molecule has 0 saturated heterocycles. The van der Waals surface area contributed by atoms with Crippen molar-refractivity contribution in [3.63, 3.8) is 0 Å². The molecule has 0 atom stereocenters. The second kappa shape index (κ2) is 7.09. The van der Waals surface area contributed by atoms with Crippen LogP contribution in [0.15, 0.2) is 18.5 Å². The predicted octanol–water partition coefficient (Wildman–Crippen LogP) is 1.92. The lowest BCUT2D eigenvalue weighted by molar-refractivity contribution is 0.0921. The van der Waals surface area contributed by atoms with Crippen LogP contribution in [0.25, 0.3) is 0 Å². The van der Waals surface area contributed by atoms with Gasteiger partial charge in [0.1, 0.15) is 0 Å². The molecule has 1 rings (SSSR count). The summed E-state index contributed by atoms with van der Waals surface area (Å²) < 4.78 is 5.07. The number of methoxy groups -OCH3 is 1. The first-order valence-corrected chi connectivity index (χ1v) is 6.39. The Labute approximate surface area is 114 Å². The fraction of sp³-hybridized carbons (Fsp3) is 0.571. The molecule has 1 heterocycles. The Morgan fingerprint density at radius 2 is 2.21 bits per heavy atom. The Kier molecular flexibility index (Phi) is 5.76. The zero-order chi connectivity index (χ0) is 14.3. The molecule has 0 aliphatic heterocycles. The lowest BCUT2D eigenvalue weighted by Gasteiger charge is -2.24. The molecular weight excluding hydrogens is 242 g/mol. The van der Waals surface area contributed by atoms with Gasteiger partial charge in [-0.15, -0.1) is 0 Å². The second-order valence-corrected chi connectivity index (χ2v) is 5.26. The van der Waals surface area contributed by atoms with Crippen LogP contribution in [0.1, 0.15) is 30.6 Å². The molecular formula is C14H23N3O2. The van der Waals surface area contributed by atoms with E-state index in [2.05, 4.69) is 29.5 Å². The summed E-state index contributed by atoms with van der Waals surface area (Å²) in [4.78, 5) is 16.1. The van der Waals surface area contributed by atoms with E-state index in [0.717, 1.165) is 12.1 Å². The summed E-state index contributed by atoms with van der Waals surface area (Å²) >= 11 is 0. The molecule has 1 aromatic rings. The van der Waals surface area contributed by atoms with Crippen LogP contribution in [-0.2, 0) is 4.74 Å². The molecule has 1 aromatic heterocycles. The van der Waals surface area contributed by atoms with E-state index < -0.39 is 0 Å². The van der Waals surface area contributed by atoms with Crippen molar-refractivity contribution in [2.45, 2.75) is 20.3 Å². The molecule has 1 amide bonds. The van der Waals surface area contributed by atoms with E-state index in [1.54, 1.807) is 32.6 Å². The van der Waals surface area contributed by atoms with Crippen molar-refractivity contribution < 1.29 is 9.53 Å². The van der Waals surface area contributed by atoms with Crippen LogP contribution in [0.5, 0.6) is 0 Å². The van der Waals surface area contributed by atoms with Gasteiger partial charge in [0.05, 0.1) is 5.56 Å². The highest BCUT2D eigenvalue weighted by atomic mass is 16.5. The van der Waals surface area contributed by atoms with Gasteiger partial charge >= 0.3 is 0 Å². The van der Waals surface area contributed by atoms with Gasteiger partial charge in [-0.1, -0.05) is 13.8 Å². The van der Waals surface area contributed by atoms with Crippen molar-refractivity contribution in [3.05, 3.63) is 24.0 Å². The average molecular weight is 265 g/mol. The van der Waals surface area contributed by atoms with Crippen molar-refractivity contribution in [2.24, 2.45) is 5.41 Å². The van der Waals surface area contributed by atoms with Crippen molar-refractivity contribution in [1.29, 1.82) is 0 Å². The molecule has 106 valence electrons. The Morgan fingerprint density at radius 1 is 1.47 bits per heavy atom. The SMILES string of the molecule is CNc1ccncc1C(=O)NCC(C)(C)CCOC. The standard InChI is InChI=1S/C14H23N3O2/c1-14(2,6-8-19-4)10-17-13(18)11-9-16-7-5-12(11)15-3/h5,7,9H,6,8,10H2,1-4H3,(H,15,16)(H,17,18). The predicted molar refractivity (Wildman–Crippen MR) is 76.4 cm³/mol. The van der Waals surface area contributed by atoms with Gasteiger partial charge in [0.2, 0.25) is 0 Å². The van der Waals surface area contributed by atoms with Gasteiger partial charge in [0.15, 0.2) is 0 Å². The highest BCUT2D eigenvalue weighted by molar-refractivity contribution is 5.99. The molecule has 0 unspecified atom stereocenters. The summed E-state index contributed by atoms with van der Waals surface area (Å²) in [6.07, 6.45) is 4.13. The lowest BCUT2D eigenvalue weighted by Crippen LogP contribution is -2.35. The fourth-order valence-electron chi connectivity index (χ4n) is 1.67. The van der Waals surface area contributed by atoms with E-state index >= 15 is 0 Å². The molecule has 0 fully saturated rings. The number of hydrogen-bond donors (Lipinski definition) is 2. The van der Waals surface area contributed by atoms with Crippen molar-refractivity contribution in [1.82, 2.24) is 10.3 Å². The van der Waals surface area contributed by atoms with Gasteiger partial charge in [-0.25, -0.2) is 0 Å². The Balaban J connectivity index is 2.60. The number of carbonyl (C=O) groups is 1. The summed E-state index contributed by atoms with van der Waals surface area (Å²) in [5.74, 6) is -0.108. The number of nitrogens with zero attached hydrogens (tertiary/aromatic N) is 1. The number of amides is 1. The third-order valence-electron chi connectivity index (χ3n) is 3.05. The van der Waals surface area contributed by atoms with E-state index in [-0.39, 0.29) is 11.3 Å². The van der Waals surface area contributed by atoms with Crippen molar-refractivity contribution in [3.8, 4) is 0 Å². The highest BCUT2D eigenvalue weighted by Crippen LogP contribution is 2.19. The van der Waals surface area contributed by atoms with E-state index in [1.807, 2.05) is 0 Å². The van der Waals surface area contributed by atoms with Gasteiger partial charge in [-0.2, -0.15) is 0 Å². The number of ether oxygens (including phenoxy) is 1. The highest BCUT2D eigenvalue weighted by Gasteiger charge is 2.19. The molecule has 0 aliphatic carbocycles. The maximum atomic E-state index is 12.1. The first kappa shape index (κ1) is 15.4. The normalized spacial score (nSPS) is 11.2. The van der Waals surface area contributed by atoms with Gasteiger partial charge in [-0.3, -0.25) is 9.78 Å². The number of carbonyl (C=O) groups excluding carboxylic acids is 1. The minimum Gasteiger partial charge on any atom is -0.387 e. The topological polar surface area (TPSA) is 63.2 Å². The molecule has 0 aliphatic rings. The summed E-state index contributed by atoms with van der Waals surface area (Å²) in [5.41, 5.74) is 1.35. The van der Waals surface area contributed by atoms with Crippen LogP contribution in [0.4, 0.5) is 5.69 Å². The third-order valence-corrected chi connectivity index (χ3v) is 3.05. The minimum atomic E-state index is -0.108. The first-order chi connectivity index (χ1) is 9.00. The smallest absolute Gasteiger partial charge is 0.254 e. The van der Waals surface area contributed by atoms with Gasteiger partial charge in [0, 0.05) is 45.4 Å². The molecule has 0 saturated carbocycles. The molecule has 0 spiro atoms. The molecule has 19 heavy (non-hydrogen) atoms. The van der Waals surface area contributed by atoms with E-state index in [9.17, 15) is 4.79 Å². The van der Waals surface area contributed by atoms with Gasteiger partial charge < -0.3 is 15.4 Å². The fourth-order valence-corrected chi connectivity index (χ4v) is 1.67. The van der Waals surface area contributed by atoms with Crippen LogP contribution < -0.4 is 10.6 Å². The molecule has 5 nitrogen and oxygen atoms in total. The third kappa shape index (κ3) is 4.87. The minimum absolute atomic E-state index is 0.00762. The number of hydrogen-bond acceptors (Lipinski definition) is 4. The van der Waals surface area contributed by atoms with Gasteiger partial charge in [-0.05, 0) is 17.9 Å². The number of rotatable bonds is 7. The summed E-state index contributed by atoms with van der Waals surface area (Å²) in [6, 6.07) is 1.78. The zero-order valence-corrected chi connectivity index (χ0v) is 12.1. The average Bonchev–Trinajstić information content (AvgIpc) is 2.42. The van der Waals surface area contributed by atoms with Gasteiger partial charge in [0.25, 0.3) is 5.91 Å². The molecule has 5 heteroatoms. The molecule has 0 aromatic carbocycles. The maximum absolute atomic E-state index is 12.1.